The average molecular weight is 240 g/mol. The molecule has 2 heterocycles. The van der Waals surface area contributed by atoms with Crippen molar-refractivity contribution in [1.29, 1.82) is 0 Å². The molecule has 2 N–H and O–H groups in total. The molecule has 0 radical (unpaired) electrons. The molecule has 100 valence electrons. The smallest absolute Gasteiger partial charge is 0.0715 e. The van der Waals surface area contributed by atoms with Gasteiger partial charge in [0, 0.05) is 18.6 Å². The van der Waals surface area contributed by atoms with E-state index in [-0.39, 0.29) is 11.5 Å². The molecule has 3 unspecified atom stereocenters. The Morgan fingerprint density at radius 2 is 2.06 bits per heavy atom. The SMILES string of the molecule is CC(C)(C)C(O)CN1CCCC1C1CCCN1. The van der Waals surface area contributed by atoms with E-state index in [9.17, 15) is 5.11 Å². The van der Waals surface area contributed by atoms with Crippen LogP contribution >= 0.6 is 0 Å². The van der Waals surface area contributed by atoms with Crippen LogP contribution in [0.15, 0.2) is 0 Å². The molecule has 17 heavy (non-hydrogen) atoms. The van der Waals surface area contributed by atoms with E-state index >= 15 is 0 Å². The number of likely N-dealkylation sites (tertiary alicyclic amines) is 1. The zero-order valence-corrected chi connectivity index (χ0v) is 11.6. The van der Waals surface area contributed by atoms with Crippen LogP contribution in [0.2, 0.25) is 0 Å². The van der Waals surface area contributed by atoms with Crippen LogP contribution in [0.1, 0.15) is 46.5 Å². The summed E-state index contributed by atoms with van der Waals surface area (Å²) in [7, 11) is 0. The summed E-state index contributed by atoms with van der Waals surface area (Å²) >= 11 is 0. The lowest BCUT2D eigenvalue weighted by Gasteiger charge is -2.35. The summed E-state index contributed by atoms with van der Waals surface area (Å²) in [6.07, 6.45) is 5.00. The van der Waals surface area contributed by atoms with E-state index in [1.165, 1.54) is 32.2 Å². The van der Waals surface area contributed by atoms with Crippen LogP contribution in [0.4, 0.5) is 0 Å². The third-order valence-corrected chi connectivity index (χ3v) is 4.38. The third kappa shape index (κ3) is 3.21. The first-order valence-electron chi connectivity index (χ1n) is 7.14. The van der Waals surface area contributed by atoms with Crippen molar-refractivity contribution in [3.05, 3.63) is 0 Å². The zero-order chi connectivity index (χ0) is 12.5. The Labute approximate surface area is 106 Å². The summed E-state index contributed by atoms with van der Waals surface area (Å²) in [6, 6.07) is 1.33. The second-order valence-electron chi connectivity index (χ2n) is 6.79. The molecule has 0 aromatic rings. The van der Waals surface area contributed by atoms with Gasteiger partial charge < -0.3 is 10.4 Å². The van der Waals surface area contributed by atoms with Gasteiger partial charge in [0.1, 0.15) is 0 Å². The van der Waals surface area contributed by atoms with Gasteiger partial charge >= 0.3 is 0 Å². The fourth-order valence-electron chi connectivity index (χ4n) is 3.07. The average Bonchev–Trinajstić information content (AvgIpc) is 2.83. The van der Waals surface area contributed by atoms with Crippen LogP contribution < -0.4 is 5.32 Å². The molecular weight excluding hydrogens is 212 g/mol. The summed E-state index contributed by atoms with van der Waals surface area (Å²) in [5, 5.41) is 13.9. The second kappa shape index (κ2) is 5.25. The van der Waals surface area contributed by atoms with Crippen molar-refractivity contribution in [2.45, 2.75) is 64.6 Å². The first-order valence-corrected chi connectivity index (χ1v) is 7.14. The fourth-order valence-corrected chi connectivity index (χ4v) is 3.07. The first kappa shape index (κ1) is 13.3. The monoisotopic (exact) mass is 240 g/mol. The van der Waals surface area contributed by atoms with Gasteiger partial charge in [-0.3, -0.25) is 4.90 Å². The van der Waals surface area contributed by atoms with Crippen LogP contribution in [0, 0.1) is 5.41 Å². The van der Waals surface area contributed by atoms with Crippen molar-refractivity contribution in [1.82, 2.24) is 10.2 Å². The maximum atomic E-state index is 10.2. The molecule has 3 atom stereocenters. The Balaban J connectivity index is 1.90. The minimum Gasteiger partial charge on any atom is -0.391 e. The van der Waals surface area contributed by atoms with Gasteiger partial charge in [0.15, 0.2) is 0 Å². The number of nitrogens with one attached hydrogen (secondary N) is 1. The Morgan fingerprint density at radius 1 is 1.29 bits per heavy atom. The molecule has 0 saturated carbocycles. The molecule has 0 aromatic heterocycles. The molecule has 2 fully saturated rings. The lowest BCUT2D eigenvalue weighted by molar-refractivity contribution is 0.0214. The van der Waals surface area contributed by atoms with E-state index in [4.69, 9.17) is 0 Å². The minimum atomic E-state index is -0.218. The van der Waals surface area contributed by atoms with Crippen LogP contribution in [-0.4, -0.2) is 47.8 Å². The number of hydrogen-bond donors (Lipinski definition) is 2. The molecule has 0 bridgehead atoms. The highest BCUT2D eigenvalue weighted by Crippen LogP contribution is 2.27. The van der Waals surface area contributed by atoms with Gasteiger partial charge in [0.2, 0.25) is 0 Å². The third-order valence-electron chi connectivity index (χ3n) is 4.38. The van der Waals surface area contributed by atoms with Crippen LogP contribution in [0.25, 0.3) is 0 Å². The molecule has 2 saturated heterocycles. The molecule has 2 aliphatic rings. The Hall–Kier alpha value is -0.120. The number of aliphatic hydroxyl groups excluding tert-OH is 1. The fraction of sp³-hybridized carbons (Fsp3) is 1.00. The normalized spacial score (nSPS) is 33.2. The van der Waals surface area contributed by atoms with E-state index in [2.05, 4.69) is 31.0 Å². The molecule has 3 heteroatoms. The first-order chi connectivity index (χ1) is 7.98. The van der Waals surface area contributed by atoms with Gasteiger partial charge in [-0.1, -0.05) is 20.8 Å². The van der Waals surface area contributed by atoms with Crippen LogP contribution in [0.3, 0.4) is 0 Å². The molecule has 0 aliphatic carbocycles. The van der Waals surface area contributed by atoms with Crippen LogP contribution in [-0.2, 0) is 0 Å². The number of rotatable bonds is 3. The topological polar surface area (TPSA) is 35.5 Å². The van der Waals surface area contributed by atoms with E-state index in [0.717, 1.165) is 13.1 Å². The van der Waals surface area contributed by atoms with Crippen molar-refractivity contribution >= 4 is 0 Å². The highest BCUT2D eigenvalue weighted by atomic mass is 16.3. The predicted octanol–water partition coefficient (Wildman–Crippen LogP) is 1.61. The maximum absolute atomic E-state index is 10.2. The lowest BCUT2D eigenvalue weighted by atomic mass is 9.88. The van der Waals surface area contributed by atoms with Crippen molar-refractivity contribution in [2.24, 2.45) is 5.41 Å². The number of hydrogen-bond acceptors (Lipinski definition) is 3. The lowest BCUT2D eigenvalue weighted by Crippen LogP contribution is -2.48. The van der Waals surface area contributed by atoms with Gasteiger partial charge in [-0.2, -0.15) is 0 Å². The predicted molar refractivity (Wildman–Crippen MR) is 71.1 cm³/mol. The zero-order valence-electron chi connectivity index (χ0n) is 11.6. The highest BCUT2D eigenvalue weighted by Gasteiger charge is 2.35. The molecule has 0 amide bonds. The Bertz CT molecular complexity index is 243. The molecule has 2 rings (SSSR count). The Kier molecular flexibility index (Phi) is 4.11. The largest absolute Gasteiger partial charge is 0.391 e. The molecule has 2 aliphatic heterocycles. The van der Waals surface area contributed by atoms with Crippen molar-refractivity contribution < 1.29 is 5.11 Å². The minimum absolute atomic E-state index is 0.00373. The van der Waals surface area contributed by atoms with Crippen molar-refractivity contribution in [3.63, 3.8) is 0 Å². The van der Waals surface area contributed by atoms with E-state index < -0.39 is 0 Å². The molecule has 0 aromatic carbocycles. The second-order valence-corrected chi connectivity index (χ2v) is 6.79. The summed E-state index contributed by atoms with van der Waals surface area (Å²) in [6.45, 7) is 9.54. The summed E-state index contributed by atoms with van der Waals surface area (Å²) < 4.78 is 0. The number of β-amino-alcohol motifs (C(OH)–C–C–N with tert-alkyl or cyclic N) is 1. The van der Waals surface area contributed by atoms with Gasteiger partial charge in [-0.15, -0.1) is 0 Å². The summed E-state index contributed by atoms with van der Waals surface area (Å²) in [4.78, 5) is 2.51. The van der Waals surface area contributed by atoms with Gasteiger partial charge in [-0.05, 0) is 44.2 Å². The van der Waals surface area contributed by atoms with Crippen molar-refractivity contribution in [3.8, 4) is 0 Å². The highest BCUT2D eigenvalue weighted by molar-refractivity contribution is 4.93. The molecular formula is C14H28N2O. The van der Waals surface area contributed by atoms with E-state index in [1.54, 1.807) is 0 Å². The Morgan fingerprint density at radius 3 is 2.65 bits per heavy atom. The van der Waals surface area contributed by atoms with Gasteiger partial charge in [0.25, 0.3) is 0 Å². The summed E-state index contributed by atoms with van der Waals surface area (Å²) in [5.74, 6) is 0. The maximum Gasteiger partial charge on any atom is 0.0715 e. The van der Waals surface area contributed by atoms with Gasteiger partial charge in [0.05, 0.1) is 6.10 Å². The van der Waals surface area contributed by atoms with Gasteiger partial charge in [-0.25, -0.2) is 0 Å². The van der Waals surface area contributed by atoms with E-state index in [0.29, 0.717) is 12.1 Å². The molecule has 0 spiro atoms. The quantitative estimate of drug-likeness (QED) is 0.787. The number of aliphatic hydroxyl groups is 1. The molecule has 3 nitrogen and oxygen atoms in total. The number of nitrogens with zero attached hydrogens (tertiary/aromatic N) is 1. The van der Waals surface area contributed by atoms with E-state index in [1.807, 2.05) is 0 Å². The van der Waals surface area contributed by atoms with Crippen LogP contribution in [0.5, 0.6) is 0 Å². The van der Waals surface area contributed by atoms with Crippen molar-refractivity contribution in [2.75, 3.05) is 19.6 Å². The standard InChI is InChI=1S/C14H28N2O/c1-14(2,3)13(17)10-16-9-5-7-12(16)11-6-4-8-15-11/h11-13,15,17H,4-10H2,1-3H3. The summed E-state index contributed by atoms with van der Waals surface area (Å²) in [5.41, 5.74) is -0.00373.